The van der Waals surface area contributed by atoms with E-state index in [1.165, 1.54) is 0 Å². The van der Waals surface area contributed by atoms with Crippen molar-refractivity contribution in [2.45, 2.75) is 6.54 Å². The molecule has 100 valence electrons. The molecule has 1 aliphatic rings. The van der Waals surface area contributed by atoms with Crippen LogP contribution in [0.1, 0.15) is 5.56 Å². The third-order valence-electron chi connectivity index (χ3n) is 3.16. The number of anilines is 2. The Balaban J connectivity index is 1.58. The average molecular weight is 259 g/mol. The summed E-state index contributed by atoms with van der Waals surface area (Å²) in [6, 6.07) is 6.05. The lowest BCUT2D eigenvalue weighted by Gasteiger charge is -2.27. The van der Waals surface area contributed by atoms with Crippen LogP contribution in [0.5, 0.6) is 0 Å². The van der Waals surface area contributed by atoms with E-state index in [9.17, 15) is 0 Å². The van der Waals surface area contributed by atoms with Gasteiger partial charge in [0, 0.05) is 25.2 Å². The van der Waals surface area contributed by atoms with E-state index < -0.39 is 0 Å². The van der Waals surface area contributed by atoms with Gasteiger partial charge in [0.05, 0.1) is 37.6 Å². The van der Waals surface area contributed by atoms with Crippen LogP contribution in [-0.2, 0) is 11.3 Å². The monoisotopic (exact) mass is 259 g/mol. The minimum absolute atomic E-state index is 0.745. The van der Waals surface area contributed by atoms with Crippen molar-refractivity contribution in [1.29, 1.82) is 0 Å². The Hall–Kier alpha value is -2.01. The SMILES string of the molecule is c1cc(CNc2ccc(N3CCOCC3)nc2)co1. The Kier molecular flexibility index (Phi) is 3.65. The van der Waals surface area contributed by atoms with Gasteiger partial charge in [0.1, 0.15) is 5.82 Å². The zero-order valence-electron chi connectivity index (χ0n) is 10.7. The maximum atomic E-state index is 5.33. The summed E-state index contributed by atoms with van der Waals surface area (Å²) in [6.45, 7) is 4.13. The molecule has 0 radical (unpaired) electrons. The number of nitrogens with one attached hydrogen (secondary N) is 1. The van der Waals surface area contributed by atoms with Gasteiger partial charge in [0.15, 0.2) is 0 Å². The van der Waals surface area contributed by atoms with Crippen LogP contribution in [-0.4, -0.2) is 31.3 Å². The lowest BCUT2D eigenvalue weighted by Crippen LogP contribution is -2.36. The van der Waals surface area contributed by atoms with E-state index in [0.717, 1.165) is 49.9 Å². The third kappa shape index (κ3) is 3.06. The summed E-state index contributed by atoms with van der Waals surface area (Å²) in [5, 5.41) is 3.31. The van der Waals surface area contributed by atoms with Crippen molar-refractivity contribution in [1.82, 2.24) is 4.98 Å². The highest BCUT2D eigenvalue weighted by molar-refractivity contribution is 5.49. The molecule has 0 aliphatic carbocycles. The average Bonchev–Trinajstić information content (AvgIpc) is 3.00. The molecule has 0 atom stereocenters. The van der Waals surface area contributed by atoms with Crippen molar-refractivity contribution in [3.63, 3.8) is 0 Å². The van der Waals surface area contributed by atoms with Gasteiger partial charge in [-0.05, 0) is 18.2 Å². The maximum Gasteiger partial charge on any atom is 0.128 e. The molecule has 1 saturated heterocycles. The number of hydrogen-bond acceptors (Lipinski definition) is 5. The fourth-order valence-electron chi connectivity index (χ4n) is 2.07. The highest BCUT2D eigenvalue weighted by atomic mass is 16.5. The molecule has 1 fully saturated rings. The van der Waals surface area contributed by atoms with Gasteiger partial charge in [-0.1, -0.05) is 0 Å². The van der Waals surface area contributed by atoms with Crippen LogP contribution < -0.4 is 10.2 Å². The zero-order valence-corrected chi connectivity index (χ0v) is 10.7. The Morgan fingerprint density at radius 2 is 2.11 bits per heavy atom. The second-order valence-corrected chi connectivity index (χ2v) is 4.49. The quantitative estimate of drug-likeness (QED) is 0.911. The molecule has 5 nitrogen and oxygen atoms in total. The number of nitrogens with zero attached hydrogens (tertiary/aromatic N) is 2. The van der Waals surface area contributed by atoms with Crippen molar-refractivity contribution < 1.29 is 9.15 Å². The molecular formula is C14H17N3O2. The van der Waals surface area contributed by atoms with Crippen LogP contribution in [0, 0.1) is 0 Å². The van der Waals surface area contributed by atoms with Crippen LogP contribution in [0.25, 0.3) is 0 Å². The summed E-state index contributed by atoms with van der Waals surface area (Å²) in [5.41, 5.74) is 2.13. The maximum absolute atomic E-state index is 5.33. The van der Waals surface area contributed by atoms with E-state index in [1.54, 1.807) is 12.5 Å². The van der Waals surface area contributed by atoms with Gasteiger partial charge < -0.3 is 19.4 Å². The van der Waals surface area contributed by atoms with E-state index >= 15 is 0 Å². The van der Waals surface area contributed by atoms with Gasteiger partial charge in [-0.2, -0.15) is 0 Å². The molecule has 19 heavy (non-hydrogen) atoms. The number of ether oxygens (including phenoxy) is 1. The fraction of sp³-hybridized carbons (Fsp3) is 0.357. The summed E-state index contributed by atoms with van der Waals surface area (Å²) >= 11 is 0. The lowest BCUT2D eigenvalue weighted by atomic mass is 10.3. The largest absolute Gasteiger partial charge is 0.472 e. The van der Waals surface area contributed by atoms with Crippen LogP contribution in [0.2, 0.25) is 0 Å². The van der Waals surface area contributed by atoms with Gasteiger partial charge in [0.25, 0.3) is 0 Å². The number of pyridine rings is 1. The van der Waals surface area contributed by atoms with E-state index in [0.29, 0.717) is 0 Å². The summed E-state index contributed by atoms with van der Waals surface area (Å²) in [6.07, 6.45) is 5.28. The Bertz CT molecular complexity index is 490. The predicted molar refractivity (Wildman–Crippen MR) is 73.3 cm³/mol. The first kappa shape index (κ1) is 12.0. The third-order valence-corrected chi connectivity index (χ3v) is 3.16. The summed E-state index contributed by atoms with van der Waals surface area (Å²) in [4.78, 5) is 6.73. The normalized spacial score (nSPS) is 15.5. The Morgan fingerprint density at radius 3 is 2.79 bits per heavy atom. The molecule has 1 aliphatic heterocycles. The van der Waals surface area contributed by atoms with Crippen molar-refractivity contribution in [2.75, 3.05) is 36.5 Å². The predicted octanol–water partition coefficient (Wildman–Crippen LogP) is 2.12. The number of rotatable bonds is 4. The first-order valence-electron chi connectivity index (χ1n) is 6.45. The highest BCUT2D eigenvalue weighted by Crippen LogP contribution is 2.16. The van der Waals surface area contributed by atoms with Crippen molar-refractivity contribution in [3.8, 4) is 0 Å². The van der Waals surface area contributed by atoms with Crippen LogP contribution in [0.3, 0.4) is 0 Å². The van der Waals surface area contributed by atoms with Gasteiger partial charge in [-0.15, -0.1) is 0 Å². The minimum Gasteiger partial charge on any atom is -0.472 e. The molecule has 0 amide bonds. The topological polar surface area (TPSA) is 50.5 Å². The molecule has 5 heteroatoms. The highest BCUT2D eigenvalue weighted by Gasteiger charge is 2.11. The molecule has 2 aromatic heterocycles. The van der Waals surface area contributed by atoms with Gasteiger partial charge in [-0.25, -0.2) is 4.98 Å². The molecule has 3 rings (SSSR count). The van der Waals surface area contributed by atoms with Crippen LogP contribution in [0.15, 0.2) is 41.3 Å². The molecule has 1 N–H and O–H groups in total. The van der Waals surface area contributed by atoms with Gasteiger partial charge in [0.2, 0.25) is 0 Å². The van der Waals surface area contributed by atoms with E-state index in [1.807, 2.05) is 18.3 Å². The molecule has 0 unspecified atom stereocenters. The van der Waals surface area contributed by atoms with Crippen molar-refractivity contribution in [2.24, 2.45) is 0 Å². The molecular weight excluding hydrogens is 242 g/mol. The van der Waals surface area contributed by atoms with Crippen LogP contribution >= 0.6 is 0 Å². The molecule has 0 saturated carbocycles. The van der Waals surface area contributed by atoms with E-state index in [2.05, 4.69) is 21.3 Å². The van der Waals surface area contributed by atoms with Gasteiger partial charge in [-0.3, -0.25) is 0 Å². The minimum atomic E-state index is 0.745. The van der Waals surface area contributed by atoms with Crippen LogP contribution in [0.4, 0.5) is 11.5 Å². The molecule has 3 heterocycles. The number of hydrogen-bond donors (Lipinski definition) is 1. The van der Waals surface area contributed by atoms with E-state index in [4.69, 9.17) is 9.15 Å². The zero-order chi connectivity index (χ0) is 12.9. The molecule has 0 aromatic carbocycles. The summed E-state index contributed by atoms with van der Waals surface area (Å²) in [5.74, 6) is 1.01. The summed E-state index contributed by atoms with van der Waals surface area (Å²) < 4.78 is 10.4. The first-order valence-corrected chi connectivity index (χ1v) is 6.45. The first-order chi connectivity index (χ1) is 9.42. The number of morpholine rings is 1. The number of furan rings is 1. The molecule has 2 aromatic rings. The van der Waals surface area contributed by atoms with Gasteiger partial charge >= 0.3 is 0 Å². The van der Waals surface area contributed by atoms with Crippen molar-refractivity contribution in [3.05, 3.63) is 42.5 Å². The standard InChI is InChI=1S/C14H17N3O2/c1-2-14(17-4-7-18-8-5-17)16-10-13(1)15-9-12-3-6-19-11-12/h1-3,6,10-11,15H,4-5,7-9H2. The number of aromatic nitrogens is 1. The lowest BCUT2D eigenvalue weighted by molar-refractivity contribution is 0.122. The second kappa shape index (κ2) is 5.75. The Morgan fingerprint density at radius 1 is 1.21 bits per heavy atom. The molecule has 0 bridgehead atoms. The van der Waals surface area contributed by atoms with Crippen molar-refractivity contribution >= 4 is 11.5 Å². The smallest absolute Gasteiger partial charge is 0.128 e. The second-order valence-electron chi connectivity index (χ2n) is 4.49. The van der Waals surface area contributed by atoms with E-state index in [-0.39, 0.29) is 0 Å². The molecule has 0 spiro atoms. The fourth-order valence-corrected chi connectivity index (χ4v) is 2.07. The summed E-state index contributed by atoms with van der Waals surface area (Å²) in [7, 11) is 0. The Labute approximate surface area is 112 Å².